The number of nitrogens with one attached hydrogen (secondary N) is 1. The lowest BCUT2D eigenvalue weighted by Crippen LogP contribution is -2.55. The van der Waals surface area contributed by atoms with Crippen molar-refractivity contribution >= 4 is 17.6 Å². The number of quaternary nitrogens is 1. The number of halogens is 1. The van der Waals surface area contributed by atoms with Gasteiger partial charge in [-0.05, 0) is 32.4 Å². The highest BCUT2D eigenvalue weighted by molar-refractivity contribution is 6.31. The summed E-state index contributed by atoms with van der Waals surface area (Å²) in [4.78, 5) is 11.2. The van der Waals surface area contributed by atoms with Crippen molar-refractivity contribution < 1.29 is 14.4 Å². The zero-order valence-electron chi connectivity index (χ0n) is 17.3. The first kappa shape index (κ1) is 22.2. The predicted molar refractivity (Wildman–Crippen MR) is 112 cm³/mol. The number of rotatable bonds is 9. The van der Waals surface area contributed by atoms with Gasteiger partial charge in [0.1, 0.15) is 6.54 Å². The van der Waals surface area contributed by atoms with Gasteiger partial charge in [-0.25, -0.2) is 0 Å². The standard InChI is InChI=1S/C22H35ClN2O2/c1-17(2)14-25(15-19-7-5-6-8-20(19)23)11-9-18(10-12-25)13-24-16-22(3,4)21(26)27/h5-8,17-18,24H,9-16H2,1-4H3/p+1. The van der Waals surface area contributed by atoms with Crippen LogP contribution in [0, 0.1) is 17.3 Å². The Morgan fingerprint density at radius 2 is 1.93 bits per heavy atom. The van der Waals surface area contributed by atoms with Gasteiger partial charge in [0.2, 0.25) is 0 Å². The maximum absolute atomic E-state index is 11.2. The average Bonchev–Trinajstić information content (AvgIpc) is 2.58. The molecule has 0 aromatic heterocycles. The molecule has 0 radical (unpaired) electrons. The molecule has 0 amide bonds. The summed E-state index contributed by atoms with van der Waals surface area (Å²) >= 11 is 6.44. The first-order chi connectivity index (χ1) is 12.6. The van der Waals surface area contributed by atoms with Crippen LogP contribution in [-0.2, 0) is 11.3 Å². The van der Waals surface area contributed by atoms with Crippen LogP contribution in [0.4, 0.5) is 0 Å². The van der Waals surface area contributed by atoms with Crippen molar-refractivity contribution in [1.82, 2.24) is 5.32 Å². The summed E-state index contributed by atoms with van der Waals surface area (Å²) in [5, 5.41) is 13.5. The number of piperidine rings is 1. The van der Waals surface area contributed by atoms with Gasteiger partial charge in [0, 0.05) is 35.9 Å². The van der Waals surface area contributed by atoms with E-state index in [2.05, 4.69) is 31.3 Å². The molecule has 0 saturated carbocycles. The summed E-state index contributed by atoms with van der Waals surface area (Å²) in [6, 6.07) is 8.22. The number of carbonyl (C=O) groups is 1. The molecular weight excluding hydrogens is 360 g/mol. The van der Waals surface area contributed by atoms with Gasteiger partial charge in [-0.15, -0.1) is 0 Å². The summed E-state index contributed by atoms with van der Waals surface area (Å²) in [6.07, 6.45) is 2.36. The molecule has 0 bridgehead atoms. The van der Waals surface area contributed by atoms with Crippen LogP contribution in [0.2, 0.25) is 5.02 Å². The number of nitrogens with zero attached hydrogens (tertiary/aromatic N) is 1. The van der Waals surface area contributed by atoms with Crippen molar-refractivity contribution in [1.29, 1.82) is 0 Å². The molecular formula is C22H36ClN2O2+. The zero-order chi connectivity index (χ0) is 20.1. The number of likely N-dealkylation sites (tertiary alicyclic amines) is 1. The fourth-order valence-corrected chi connectivity index (χ4v) is 4.40. The molecule has 0 unspecified atom stereocenters. The number of benzene rings is 1. The van der Waals surface area contributed by atoms with Crippen LogP contribution in [0.3, 0.4) is 0 Å². The van der Waals surface area contributed by atoms with Crippen molar-refractivity contribution in [3.63, 3.8) is 0 Å². The van der Waals surface area contributed by atoms with Gasteiger partial charge in [0.25, 0.3) is 0 Å². The highest BCUT2D eigenvalue weighted by Gasteiger charge is 2.35. The van der Waals surface area contributed by atoms with Gasteiger partial charge >= 0.3 is 5.97 Å². The normalized spacial score (nSPS) is 23.6. The van der Waals surface area contributed by atoms with E-state index in [-0.39, 0.29) is 0 Å². The van der Waals surface area contributed by atoms with E-state index in [1.807, 2.05) is 12.1 Å². The quantitative estimate of drug-likeness (QED) is 0.608. The minimum Gasteiger partial charge on any atom is -0.481 e. The van der Waals surface area contributed by atoms with Gasteiger partial charge in [-0.1, -0.05) is 43.6 Å². The minimum absolute atomic E-state index is 0.518. The van der Waals surface area contributed by atoms with Crippen molar-refractivity contribution in [3.8, 4) is 0 Å². The fourth-order valence-electron chi connectivity index (χ4n) is 4.21. The molecule has 27 heavy (non-hydrogen) atoms. The second-order valence-electron chi connectivity index (χ2n) is 9.38. The maximum Gasteiger partial charge on any atom is 0.310 e. The van der Waals surface area contributed by atoms with E-state index >= 15 is 0 Å². The lowest BCUT2D eigenvalue weighted by atomic mass is 9.91. The second kappa shape index (κ2) is 9.40. The number of hydrogen-bond donors (Lipinski definition) is 2. The Morgan fingerprint density at radius 1 is 1.30 bits per heavy atom. The van der Waals surface area contributed by atoms with Crippen LogP contribution < -0.4 is 5.32 Å². The summed E-state index contributed by atoms with van der Waals surface area (Å²) in [5.41, 5.74) is 0.538. The summed E-state index contributed by atoms with van der Waals surface area (Å²) in [6.45, 7) is 14.1. The Hall–Kier alpha value is -1.10. The van der Waals surface area contributed by atoms with Gasteiger partial charge in [-0.2, -0.15) is 0 Å². The average molecular weight is 396 g/mol. The first-order valence-electron chi connectivity index (χ1n) is 10.2. The summed E-state index contributed by atoms with van der Waals surface area (Å²) in [5.74, 6) is 0.531. The van der Waals surface area contributed by atoms with Crippen molar-refractivity contribution in [2.75, 3.05) is 32.7 Å². The first-order valence-corrected chi connectivity index (χ1v) is 10.5. The molecule has 2 N–H and O–H groups in total. The molecule has 1 fully saturated rings. The molecule has 0 aliphatic carbocycles. The fraction of sp³-hybridized carbons (Fsp3) is 0.682. The van der Waals surface area contributed by atoms with Crippen molar-refractivity contribution in [3.05, 3.63) is 34.9 Å². The van der Waals surface area contributed by atoms with Gasteiger partial charge in [0.15, 0.2) is 0 Å². The van der Waals surface area contributed by atoms with E-state index in [0.717, 1.165) is 35.7 Å². The van der Waals surface area contributed by atoms with E-state index in [0.29, 0.717) is 18.4 Å². The third-order valence-electron chi connectivity index (χ3n) is 5.82. The van der Waals surface area contributed by atoms with Gasteiger partial charge < -0.3 is 14.9 Å². The SMILES string of the molecule is CC(C)C[N+]1(Cc2ccccc2Cl)CCC(CNCC(C)(C)C(=O)O)CC1. The summed E-state index contributed by atoms with van der Waals surface area (Å²) < 4.78 is 1.11. The maximum atomic E-state index is 11.2. The molecule has 2 rings (SSSR count). The topological polar surface area (TPSA) is 49.3 Å². The summed E-state index contributed by atoms with van der Waals surface area (Å²) in [7, 11) is 0. The predicted octanol–water partition coefficient (Wildman–Crippen LogP) is 4.42. The Bertz CT molecular complexity index is 622. The molecule has 1 heterocycles. The largest absolute Gasteiger partial charge is 0.481 e. The third kappa shape index (κ3) is 6.48. The molecule has 1 aliphatic heterocycles. The molecule has 0 spiro atoms. The highest BCUT2D eigenvalue weighted by Crippen LogP contribution is 2.30. The molecule has 1 aromatic carbocycles. The molecule has 1 saturated heterocycles. The zero-order valence-corrected chi connectivity index (χ0v) is 18.1. The van der Waals surface area contributed by atoms with Crippen LogP contribution >= 0.6 is 11.6 Å². The molecule has 0 atom stereocenters. The number of aliphatic carboxylic acids is 1. The van der Waals surface area contributed by atoms with Crippen LogP contribution in [0.1, 0.15) is 46.1 Å². The lowest BCUT2D eigenvalue weighted by Gasteiger charge is -2.45. The number of carboxylic acid groups (broad SMARTS) is 1. The van der Waals surface area contributed by atoms with E-state index in [1.54, 1.807) is 13.8 Å². The lowest BCUT2D eigenvalue weighted by molar-refractivity contribution is -0.948. The Balaban J connectivity index is 1.93. The van der Waals surface area contributed by atoms with E-state index in [9.17, 15) is 9.90 Å². The molecule has 5 heteroatoms. The minimum atomic E-state index is -0.744. The monoisotopic (exact) mass is 395 g/mol. The van der Waals surface area contributed by atoms with Gasteiger partial charge in [0.05, 0.1) is 25.0 Å². The smallest absolute Gasteiger partial charge is 0.310 e. The molecule has 152 valence electrons. The molecule has 4 nitrogen and oxygen atoms in total. The van der Waals surface area contributed by atoms with Crippen LogP contribution in [0.15, 0.2) is 24.3 Å². The Labute approximate surface area is 169 Å². The van der Waals surface area contributed by atoms with E-state index in [1.165, 1.54) is 24.9 Å². The Morgan fingerprint density at radius 3 is 2.48 bits per heavy atom. The van der Waals surface area contributed by atoms with Crippen molar-refractivity contribution in [2.24, 2.45) is 17.3 Å². The third-order valence-corrected chi connectivity index (χ3v) is 6.19. The van der Waals surface area contributed by atoms with E-state index in [4.69, 9.17) is 11.6 Å². The number of carboxylic acids is 1. The van der Waals surface area contributed by atoms with Crippen LogP contribution in [0.25, 0.3) is 0 Å². The highest BCUT2D eigenvalue weighted by atomic mass is 35.5. The number of hydrogen-bond acceptors (Lipinski definition) is 2. The Kier molecular flexibility index (Phi) is 7.73. The van der Waals surface area contributed by atoms with Gasteiger partial charge in [-0.3, -0.25) is 4.79 Å². The van der Waals surface area contributed by atoms with Crippen LogP contribution in [-0.4, -0.2) is 48.3 Å². The molecule has 1 aliphatic rings. The van der Waals surface area contributed by atoms with Crippen LogP contribution in [0.5, 0.6) is 0 Å². The second-order valence-corrected chi connectivity index (χ2v) is 9.79. The van der Waals surface area contributed by atoms with E-state index < -0.39 is 11.4 Å². The van der Waals surface area contributed by atoms with Crippen molar-refractivity contribution in [2.45, 2.75) is 47.1 Å². The molecule has 1 aromatic rings.